The average molecular weight is 408 g/mol. The Balaban J connectivity index is 1.12. The third kappa shape index (κ3) is 4.00. The van der Waals surface area contributed by atoms with Crippen molar-refractivity contribution < 1.29 is 18.8 Å². The van der Waals surface area contributed by atoms with Crippen molar-refractivity contribution in [3.05, 3.63) is 35.9 Å². The van der Waals surface area contributed by atoms with Crippen molar-refractivity contribution in [2.24, 2.45) is 23.2 Å². The van der Waals surface area contributed by atoms with Gasteiger partial charge in [0.15, 0.2) is 6.61 Å². The quantitative estimate of drug-likeness (QED) is 0.698. The highest BCUT2D eigenvalue weighted by atomic mass is 16.5. The number of nitrogens with zero attached hydrogens (tertiary/aromatic N) is 1. The van der Waals surface area contributed by atoms with E-state index in [1.165, 1.54) is 19.3 Å². The van der Waals surface area contributed by atoms with Gasteiger partial charge in [0.05, 0.1) is 6.42 Å². The lowest BCUT2D eigenvalue weighted by atomic mass is 9.49. The van der Waals surface area contributed by atoms with E-state index in [0.29, 0.717) is 12.1 Å². The molecule has 4 aliphatic rings. The van der Waals surface area contributed by atoms with Gasteiger partial charge in [-0.1, -0.05) is 35.0 Å². The molecule has 4 bridgehead atoms. The number of nitrogens with one attached hydrogen (secondary N) is 1. The van der Waals surface area contributed by atoms with Crippen LogP contribution < -0.4 is 5.32 Å². The lowest BCUT2D eigenvalue weighted by Crippen LogP contribution is -2.47. The number of amides is 1. The molecule has 2 aromatic rings. The topological polar surface area (TPSA) is 81.4 Å². The highest BCUT2D eigenvalue weighted by Gasteiger charge is 2.51. The van der Waals surface area contributed by atoms with Crippen molar-refractivity contribution in [1.82, 2.24) is 5.16 Å². The van der Waals surface area contributed by atoms with E-state index in [-0.39, 0.29) is 23.9 Å². The summed E-state index contributed by atoms with van der Waals surface area (Å²) in [6, 6.07) is 9.55. The van der Waals surface area contributed by atoms with Gasteiger partial charge in [-0.25, -0.2) is 0 Å². The number of ether oxygens (including phenoxy) is 1. The number of anilines is 1. The third-order valence-electron chi connectivity index (χ3n) is 7.17. The molecular formula is C24H28N2O4. The molecule has 6 nitrogen and oxygen atoms in total. The van der Waals surface area contributed by atoms with Gasteiger partial charge < -0.3 is 9.26 Å². The van der Waals surface area contributed by atoms with Crippen LogP contribution in [0.5, 0.6) is 0 Å². The second-order valence-electron chi connectivity index (χ2n) is 9.75. The van der Waals surface area contributed by atoms with Crippen LogP contribution in [0.1, 0.15) is 50.5 Å². The van der Waals surface area contributed by atoms with E-state index in [2.05, 4.69) is 10.5 Å². The van der Waals surface area contributed by atoms with Crippen LogP contribution in [0, 0.1) is 30.1 Å². The van der Waals surface area contributed by atoms with Gasteiger partial charge in [0.25, 0.3) is 5.91 Å². The molecule has 30 heavy (non-hydrogen) atoms. The van der Waals surface area contributed by atoms with Crippen LogP contribution in [0.4, 0.5) is 5.88 Å². The van der Waals surface area contributed by atoms with Crippen LogP contribution in [-0.2, 0) is 14.3 Å². The number of aryl methyl sites for hydroxylation is 1. The molecule has 0 saturated heterocycles. The van der Waals surface area contributed by atoms with E-state index in [1.54, 1.807) is 6.07 Å². The molecular weight excluding hydrogens is 380 g/mol. The summed E-state index contributed by atoms with van der Waals surface area (Å²) in [4.78, 5) is 24.7. The molecule has 1 amide bonds. The Labute approximate surface area is 176 Å². The van der Waals surface area contributed by atoms with Crippen molar-refractivity contribution in [2.45, 2.75) is 51.9 Å². The maximum atomic E-state index is 12.5. The minimum atomic E-state index is -0.416. The molecule has 4 fully saturated rings. The fourth-order valence-corrected chi connectivity index (χ4v) is 6.38. The molecule has 1 aromatic carbocycles. The molecule has 0 atom stereocenters. The van der Waals surface area contributed by atoms with E-state index in [0.717, 1.165) is 48.1 Å². The molecule has 6 heteroatoms. The number of hydrogen-bond donors (Lipinski definition) is 1. The van der Waals surface area contributed by atoms with Gasteiger partial charge in [-0.3, -0.25) is 14.9 Å². The number of esters is 1. The van der Waals surface area contributed by atoms with Crippen molar-refractivity contribution in [3.8, 4) is 11.3 Å². The van der Waals surface area contributed by atoms with Gasteiger partial charge >= 0.3 is 5.97 Å². The summed E-state index contributed by atoms with van der Waals surface area (Å²) in [6.45, 7) is 1.72. The van der Waals surface area contributed by atoms with Gasteiger partial charge in [0.2, 0.25) is 5.88 Å². The molecule has 0 unspecified atom stereocenters. The largest absolute Gasteiger partial charge is 0.456 e. The lowest BCUT2D eigenvalue weighted by molar-refractivity contribution is -0.154. The predicted molar refractivity (Wildman–Crippen MR) is 111 cm³/mol. The first-order chi connectivity index (χ1) is 14.5. The Morgan fingerprint density at radius 3 is 2.37 bits per heavy atom. The maximum absolute atomic E-state index is 12.5. The summed E-state index contributed by atoms with van der Waals surface area (Å²) in [7, 11) is 0. The van der Waals surface area contributed by atoms with Crippen LogP contribution in [0.15, 0.2) is 34.9 Å². The molecule has 0 spiro atoms. The molecule has 158 valence electrons. The molecule has 1 aromatic heterocycles. The van der Waals surface area contributed by atoms with E-state index in [4.69, 9.17) is 9.26 Å². The number of aromatic nitrogens is 1. The number of carbonyl (C=O) groups excluding carboxylic acids is 2. The first-order valence-corrected chi connectivity index (χ1v) is 11.0. The summed E-state index contributed by atoms with van der Waals surface area (Å²) in [5.74, 6) is 1.95. The maximum Gasteiger partial charge on any atom is 0.306 e. The van der Waals surface area contributed by atoms with Crippen LogP contribution in [-0.4, -0.2) is 23.6 Å². The van der Waals surface area contributed by atoms with Crippen LogP contribution >= 0.6 is 0 Å². The normalized spacial score (nSPS) is 29.0. The van der Waals surface area contributed by atoms with Gasteiger partial charge in [-0.15, -0.1) is 0 Å². The number of benzene rings is 1. The number of hydrogen-bond acceptors (Lipinski definition) is 5. The van der Waals surface area contributed by atoms with Gasteiger partial charge in [0, 0.05) is 11.6 Å². The summed E-state index contributed by atoms with van der Waals surface area (Å²) < 4.78 is 10.5. The Morgan fingerprint density at radius 2 is 1.73 bits per heavy atom. The summed E-state index contributed by atoms with van der Waals surface area (Å²) in [6.07, 6.45) is 7.94. The number of carbonyl (C=O) groups is 2. The Kier molecular flexibility index (Phi) is 4.88. The molecule has 0 radical (unpaired) electrons. The Hall–Kier alpha value is -2.63. The molecule has 1 N–H and O–H groups in total. The summed E-state index contributed by atoms with van der Waals surface area (Å²) >= 11 is 0. The predicted octanol–water partition coefficient (Wildman–Crippen LogP) is 4.74. The standard InChI is InChI=1S/C24H28N2O4/c1-15-2-4-19(5-3-15)20-9-22(30-26-20)25-21(27)14-29-23(28)13-24-10-16-6-17(11-24)8-18(7-16)12-24/h2-5,9,16-18H,6-8,10-14H2,1H3,(H,25,27). The fourth-order valence-electron chi connectivity index (χ4n) is 6.38. The van der Waals surface area contributed by atoms with Gasteiger partial charge in [-0.2, -0.15) is 0 Å². The SMILES string of the molecule is Cc1ccc(-c2cc(NC(=O)COC(=O)CC34CC5CC(CC(C5)C3)C4)on2)cc1. The first-order valence-electron chi connectivity index (χ1n) is 11.0. The fraction of sp³-hybridized carbons (Fsp3) is 0.542. The first kappa shape index (κ1) is 19.3. The van der Waals surface area contributed by atoms with Crippen LogP contribution in [0.3, 0.4) is 0 Å². The molecule has 1 heterocycles. The minimum absolute atomic E-state index is 0.121. The minimum Gasteiger partial charge on any atom is -0.456 e. The number of rotatable bonds is 6. The molecule has 0 aliphatic heterocycles. The van der Waals surface area contributed by atoms with Crippen molar-refractivity contribution in [1.29, 1.82) is 0 Å². The Morgan fingerprint density at radius 1 is 1.10 bits per heavy atom. The van der Waals surface area contributed by atoms with Gasteiger partial charge in [0.1, 0.15) is 5.69 Å². The zero-order chi connectivity index (χ0) is 20.7. The smallest absolute Gasteiger partial charge is 0.306 e. The molecule has 4 aliphatic carbocycles. The van der Waals surface area contributed by atoms with Gasteiger partial charge in [-0.05, 0) is 68.6 Å². The monoisotopic (exact) mass is 408 g/mol. The highest BCUT2D eigenvalue weighted by Crippen LogP contribution is 2.61. The van der Waals surface area contributed by atoms with E-state index >= 15 is 0 Å². The lowest BCUT2D eigenvalue weighted by Gasteiger charge is -2.56. The van der Waals surface area contributed by atoms with Crippen LogP contribution in [0.2, 0.25) is 0 Å². The Bertz CT molecular complexity index is 911. The van der Waals surface area contributed by atoms with Crippen molar-refractivity contribution >= 4 is 17.8 Å². The molecule has 6 rings (SSSR count). The highest BCUT2D eigenvalue weighted by molar-refractivity contribution is 5.92. The van der Waals surface area contributed by atoms with E-state index in [9.17, 15) is 9.59 Å². The van der Waals surface area contributed by atoms with Crippen LogP contribution in [0.25, 0.3) is 11.3 Å². The van der Waals surface area contributed by atoms with E-state index < -0.39 is 5.91 Å². The van der Waals surface area contributed by atoms with Crippen molar-refractivity contribution in [3.63, 3.8) is 0 Å². The van der Waals surface area contributed by atoms with E-state index in [1.807, 2.05) is 31.2 Å². The zero-order valence-corrected chi connectivity index (χ0v) is 17.4. The summed E-state index contributed by atoms with van der Waals surface area (Å²) in [5.41, 5.74) is 2.83. The third-order valence-corrected chi connectivity index (χ3v) is 7.17. The molecule has 4 saturated carbocycles. The second-order valence-corrected chi connectivity index (χ2v) is 9.75. The summed E-state index contributed by atoms with van der Waals surface area (Å²) in [5, 5.41) is 6.60. The average Bonchev–Trinajstić information content (AvgIpc) is 3.14. The second kappa shape index (κ2) is 7.56. The zero-order valence-electron chi connectivity index (χ0n) is 17.4. The van der Waals surface area contributed by atoms with Crippen molar-refractivity contribution in [2.75, 3.05) is 11.9 Å².